The predicted molar refractivity (Wildman–Crippen MR) is 46.5 cm³/mol. The minimum Gasteiger partial charge on any atom is -0.338 e. The Kier molecular flexibility index (Phi) is 3.78. The van der Waals surface area contributed by atoms with Crippen LogP contribution in [-0.2, 0) is 9.47 Å². The van der Waals surface area contributed by atoms with Crippen LogP contribution in [0.3, 0.4) is 0 Å². The molecule has 1 saturated heterocycles. The first-order valence-corrected chi connectivity index (χ1v) is 5.02. The van der Waals surface area contributed by atoms with Gasteiger partial charge in [-0.15, -0.1) is 0 Å². The number of hydrogen-bond donors (Lipinski definition) is 1. The van der Waals surface area contributed by atoms with Gasteiger partial charge in [-0.3, -0.25) is 5.73 Å². The van der Waals surface area contributed by atoms with Crippen LogP contribution in [0.4, 0.5) is 0 Å². The summed E-state index contributed by atoms with van der Waals surface area (Å²) in [6.45, 7) is 1.33. The molecule has 1 fully saturated rings. The van der Waals surface area contributed by atoms with Crippen LogP contribution in [0.5, 0.6) is 0 Å². The molecule has 0 spiro atoms. The molecule has 1 aliphatic heterocycles. The van der Waals surface area contributed by atoms with E-state index in [1.165, 1.54) is 0 Å². The van der Waals surface area contributed by atoms with Crippen molar-refractivity contribution >= 4 is 15.9 Å². The second-order valence-electron chi connectivity index (χ2n) is 2.65. The molecule has 0 radical (unpaired) electrons. The summed E-state index contributed by atoms with van der Waals surface area (Å²) >= 11 is 3.26. The minimum atomic E-state index is -0.800. The number of rotatable bonds is 3. The summed E-state index contributed by atoms with van der Waals surface area (Å²) in [4.78, 5) is 0. The van der Waals surface area contributed by atoms with Crippen molar-refractivity contribution in [2.75, 3.05) is 18.5 Å². The van der Waals surface area contributed by atoms with Crippen LogP contribution in [0.1, 0.15) is 19.3 Å². The number of ether oxygens (including phenoxy) is 2. The SMILES string of the molecule is NC1(OCCBr)CCCCO1. The summed E-state index contributed by atoms with van der Waals surface area (Å²) in [6.07, 6.45) is 3.00. The van der Waals surface area contributed by atoms with Gasteiger partial charge in [0.15, 0.2) is 0 Å². The molecule has 1 rings (SSSR count). The van der Waals surface area contributed by atoms with Crippen molar-refractivity contribution in [3.8, 4) is 0 Å². The van der Waals surface area contributed by atoms with E-state index in [1.54, 1.807) is 0 Å². The summed E-state index contributed by atoms with van der Waals surface area (Å²) in [5.74, 6) is -0.800. The van der Waals surface area contributed by atoms with Crippen molar-refractivity contribution < 1.29 is 9.47 Å². The molecule has 0 aromatic rings. The average molecular weight is 224 g/mol. The molecule has 3 nitrogen and oxygen atoms in total. The molecule has 0 aromatic carbocycles. The van der Waals surface area contributed by atoms with Gasteiger partial charge in [-0.2, -0.15) is 0 Å². The summed E-state index contributed by atoms with van der Waals surface area (Å²) in [5.41, 5.74) is 5.78. The molecule has 4 heteroatoms. The molecule has 1 aliphatic rings. The number of nitrogens with two attached hydrogens (primary N) is 1. The Hall–Kier alpha value is 0.360. The highest BCUT2D eigenvalue weighted by Gasteiger charge is 2.28. The zero-order chi connectivity index (χ0) is 8.16. The Labute approximate surface area is 75.4 Å². The van der Waals surface area contributed by atoms with Gasteiger partial charge >= 0.3 is 0 Å². The zero-order valence-corrected chi connectivity index (χ0v) is 8.10. The zero-order valence-electron chi connectivity index (χ0n) is 6.51. The van der Waals surface area contributed by atoms with Gasteiger partial charge < -0.3 is 9.47 Å². The molecule has 0 aromatic heterocycles. The van der Waals surface area contributed by atoms with Gasteiger partial charge in [0, 0.05) is 11.8 Å². The highest BCUT2D eigenvalue weighted by Crippen LogP contribution is 2.20. The third kappa shape index (κ3) is 3.07. The highest BCUT2D eigenvalue weighted by atomic mass is 79.9. The fourth-order valence-corrected chi connectivity index (χ4v) is 1.28. The van der Waals surface area contributed by atoms with Crippen LogP contribution in [0, 0.1) is 0 Å². The lowest BCUT2D eigenvalue weighted by Gasteiger charge is -2.32. The Balaban J connectivity index is 2.25. The van der Waals surface area contributed by atoms with Crippen molar-refractivity contribution in [3.63, 3.8) is 0 Å². The maximum Gasteiger partial charge on any atom is 0.224 e. The fraction of sp³-hybridized carbons (Fsp3) is 1.00. The van der Waals surface area contributed by atoms with Gasteiger partial charge in [-0.1, -0.05) is 15.9 Å². The van der Waals surface area contributed by atoms with Gasteiger partial charge in [0.05, 0.1) is 13.2 Å². The standard InChI is InChI=1S/C7H14BrNO2/c8-4-6-11-7(9)3-1-2-5-10-7/h1-6,9H2. The summed E-state index contributed by atoms with van der Waals surface area (Å²) in [7, 11) is 0. The Bertz CT molecular complexity index is 115. The van der Waals surface area contributed by atoms with E-state index in [0.717, 1.165) is 31.2 Å². The predicted octanol–water partition coefficient (Wildman–Crippen LogP) is 1.21. The number of alkyl halides is 1. The monoisotopic (exact) mass is 223 g/mol. The lowest BCUT2D eigenvalue weighted by Crippen LogP contribution is -2.48. The van der Waals surface area contributed by atoms with E-state index in [2.05, 4.69) is 15.9 Å². The van der Waals surface area contributed by atoms with Crippen LogP contribution in [0.2, 0.25) is 0 Å². The van der Waals surface area contributed by atoms with Gasteiger partial charge in [0.2, 0.25) is 5.91 Å². The molecule has 0 bridgehead atoms. The van der Waals surface area contributed by atoms with E-state index in [4.69, 9.17) is 15.2 Å². The van der Waals surface area contributed by atoms with E-state index in [1.807, 2.05) is 0 Å². The van der Waals surface area contributed by atoms with E-state index in [9.17, 15) is 0 Å². The topological polar surface area (TPSA) is 44.5 Å². The second-order valence-corrected chi connectivity index (χ2v) is 3.45. The third-order valence-corrected chi connectivity index (χ3v) is 2.01. The summed E-state index contributed by atoms with van der Waals surface area (Å²) in [6, 6.07) is 0. The molecule has 66 valence electrons. The van der Waals surface area contributed by atoms with E-state index in [-0.39, 0.29) is 0 Å². The van der Waals surface area contributed by atoms with Crippen molar-refractivity contribution in [1.29, 1.82) is 0 Å². The Morgan fingerprint density at radius 3 is 2.91 bits per heavy atom. The van der Waals surface area contributed by atoms with Crippen molar-refractivity contribution in [1.82, 2.24) is 0 Å². The molecular formula is C7H14BrNO2. The molecule has 0 amide bonds. The highest BCUT2D eigenvalue weighted by molar-refractivity contribution is 9.09. The van der Waals surface area contributed by atoms with E-state index >= 15 is 0 Å². The van der Waals surface area contributed by atoms with Crippen LogP contribution in [-0.4, -0.2) is 24.5 Å². The van der Waals surface area contributed by atoms with Crippen molar-refractivity contribution in [2.24, 2.45) is 5.73 Å². The first-order valence-electron chi connectivity index (χ1n) is 3.90. The first-order chi connectivity index (χ1) is 5.27. The fourth-order valence-electron chi connectivity index (χ4n) is 1.12. The molecule has 0 aliphatic carbocycles. The van der Waals surface area contributed by atoms with E-state index < -0.39 is 5.91 Å². The molecule has 1 heterocycles. The lowest BCUT2D eigenvalue weighted by molar-refractivity contribution is -0.249. The Morgan fingerprint density at radius 2 is 2.36 bits per heavy atom. The average Bonchev–Trinajstić information content (AvgIpc) is 2.03. The van der Waals surface area contributed by atoms with Crippen LogP contribution in [0.15, 0.2) is 0 Å². The van der Waals surface area contributed by atoms with Gasteiger partial charge in [-0.25, -0.2) is 0 Å². The lowest BCUT2D eigenvalue weighted by atomic mass is 10.1. The summed E-state index contributed by atoms with van der Waals surface area (Å²) in [5, 5.41) is 0.801. The summed E-state index contributed by atoms with van der Waals surface area (Å²) < 4.78 is 10.6. The van der Waals surface area contributed by atoms with Crippen LogP contribution >= 0.6 is 15.9 Å². The number of hydrogen-bond acceptors (Lipinski definition) is 3. The molecule has 1 unspecified atom stereocenters. The smallest absolute Gasteiger partial charge is 0.224 e. The van der Waals surface area contributed by atoms with Crippen molar-refractivity contribution in [2.45, 2.75) is 25.2 Å². The van der Waals surface area contributed by atoms with E-state index in [0.29, 0.717) is 6.61 Å². The van der Waals surface area contributed by atoms with Crippen LogP contribution < -0.4 is 5.73 Å². The maximum atomic E-state index is 5.78. The molecule has 1 atom stereocenters. The van der Waals surface area contributed by atoms with Gasteiger partial charge in [0.25, 0.3) is 0 Å². The second kappa shape index (κ2) is 4.40. The maximum absolute atomic E-state index is 5.78. The van der Waals surface area contributed by atoms with Gasteiger partial charge in [-0.05, 0) is 12.8 Å². The Morgan fingerprint density at radius 1 is 1.55 bits per heavy atom. The quantitative estimate of drug-likeness (QED) is 0.578. The van der Waals surface area contributed by atoms with Crippen LogP contribution in [0.25, 0.3) is 0 Å². The largest absolute Gasteiger partial charge is 0.338 e. The first kappa shape index (κ1) is 9.45. The molecule has 0 saturated carbocycles. The molecular weight excluding hydrogens is 210 g/mol. The minimum absolute atomic E-state index is 0.608. The molecule has 11 heavy (non-hydrogen) atoms. The molecule has 2 N–H and O–H groups in total. The van der Waals surface area contributed by atoms with Crippen molar-refractivity contribution in [3.05, 3.63) is 0 Å². The van der Waals surface area contributed by atoms with Gasteiger partial charge in [0.1, 0.15) is 0 Å². The third-order valence-electron chi connectivity index (χ3n) is 1.69. The normalized spacial score (nSPS) is 32.2. The number of halogens is 1.